The van der Waals surface area contributed by atoms with Gasteiger partial charge in [-0.2, -0.15) is 0 Å². The van der Waals surface area contributed by atoms with Crippen molar-refractivity contribution in [2.75, 3.05) is 12.3 Å². The van der Waals surface area contributed by atoms with E-state index >= 15 is 0 Å². The maximum Gasteiger partial charge on any atom is 0.408 e. The Morgan fingerprint density at radius 2 is 2.00 bits per heavy atom. The van der Waals surface area contributed by atoms with Gasteiger partial charge < -0.3 is 10.1 Å². The molecule has 0 saturated heterocycles. The molecule has 0 aliphatic rings. The van der Waals surface area contributed by atoms with E-state index in [1.807, 2.05) is 0 Å². The molecule has 2 N–H and O–H groups in total. The van der Waals surface area contributed by atoms with Gasteiger partial charge in [0.25, 0.3) is 0 Å². The van der Waals surface area contributed by atoms with E-state index in [4.69, 9.17) is 16.3 Å². The Hall–Kier alpha value is -1.31. The highest BCUT2D eigenvalue weighted by Gasteiger charge is 2.22. The van der Waals surface area contributed by atoms with E-state index in [0.717, 1.165) is 0 Å². The molecule has 0 spiro atoms. The van der Waals surface area contributed by atoms with E-state index < -0.39 is 27.8 Å². The molecule has 0 bridgehead atoms. The van der Waals surface area contributed by atoms with Crippen molar-refractivity contribution < 1.29 is 17.9 Å². The number of ether oxygens (including phenoxy) is 1. The van der Waals surface area contributed by atoms with E-state index in [1.165, 1.54) is 6.92 Å². The molecule has 1 aromatic carbocycles. The SMILES string of the molecule is CCS(=O)(=O)NCC(NC(=O)OC(C)(C)C)c1cccc(Cl)c1. The monoisotopic (exact) mass is 362 g/mol. The maximum atomic E-state index is 12.0. The number of carbonyl (C=O) groups is 1. The Kier molecular flexibility index (Phi) is 6.85. The quantitative estimate of drug-likeness (QED) is 0.814. The van der Waals surface area contributed by atoms with E-state index in [2.05, 4.69) is 10.0 Å². The highest BCUT2D eigenvalue weighted by atomic mass is 35.5. The van der Waals surface area contributed by atoms with Gasteiger partial charge in [-0.1, -0.05) is 23.7 Å². The van der Waals surface area contributed by atoms with Crippen molar-refractivity contribution in [3.63, 3.8) is 0 Å². The van der Waals surface area contributed by atoms with Crippen molar-refractivity contribution in [1.29, 1.82) is 0 Å². The lowest BCUT2D eigenvalue weighted by molar-refractivity contribution is 0.0504. The topological polar surface area (TPSA) is 84.5 Å². The molecule has 1 atom stereocenters. The minimum atomic E-state index is -3.38. The summed E-state index contributed by atoms with van der Waals surface area (Å²) in [6, 6.07) is 6.27. The molecule has 0 radical (unpaired) electrons. The summed E-state index contributed by atoms with van der Waals surface area (Å²) in [5, 5.41) is 3.16. The lowest BCUT2D eigenvalue weighted by Crippen LogP contribution is -2.40. The number of nitrogens with one attached hydrogen (secondary N) is 2. The summed E-state index contributed by atoms with van der Waals surface area (Å²) >= 11 is 5.97. The lowest BCUT2D eigenvalue weighted by atomic mass is 10.1. The van der Waals surface area contributed by atoms with Crippen molar-refractivity contribution in [2.45, 2.75) is 39.3 Å². The van der Waals surface area contributed by atoms with Gasteiger partial charge in [-0.25, -0.2) is 17.9 Å². The zero-order valence-electron chi connectivity index (χ0n) is 13.7. The zero-order chi connectivity index (χ0) is 17.7. The Bertz CT molecular complexity index is 641. The smallest absolute Gasteiger partial charge is 0.408 e. The molecule has 1 amide bonds. The Labute approximate surface area is 142 Å². The number of alkyl carbamates (subject to hydrolysis) is 1. The van der Waals surface area contributed by atoms with Crippen LogP contribution in [0.2, 0.25) is 5.02 Å². The number of carbonyl (C=O) groups excluding carboxylic acids is 1. The van der Waals surface area contributed by atoms with Gasteiger partial charge in [-0.3, -0.25) is 0 Å². The van der Waals surface area contributed by atoms with Crippen LogP contribution in [-0.2, 0) is 14.8 Å². The van der Waals surface area contributed by atoms with Crippen molar-refractivity contribution in [2.24, 2.45) is 0 Å². The summed E-state index contributed by atoms with van der Waals surface area (Å²) in [4.78, 5) is 12.0. The van der Waals surface area contributed by atoms with Crippen LogP contribution in [0.4, 0.5) is 4.79 Å². The summed E-state index contributed by atoms with van der Waals surface area (Å²) in [7, 11) is -3.38. The molecule has 1 rings (SSSR count). The predicted molar refractivity (Wildman–Crippen MR) is 91.0 cm³/mol. The first-order valence-electron chi connectivity index (χ1n) is 7.25. The van der Waals surface area contributed by atoms with Crippen LogP contribution in [-0.4, -0.2) is 32.4 Å². The number of sulfonamides is 1. The van der Waals surface area contributed by atoms with E-state index in [0.29, 0.717) is 10.6 Å². The normalized spacial score (nSPS) is 13.4. The van der Waals surface area contributed by atoms with Crippen molar-refractivity contribution in [3.8, 4) is 0 Å². The number of benzene rings is 1. The minimum Gasteiger partial charge on any atom is -0.444 e. The standard InChI is InChI=1S/C15H23ClN2O4S/c1-5-23(20,21)17-10-13(11-7-6-8-12(16)9-11)18-14(19)22-15(2,3)4/h6-9,13,17H,5,10H2,1-4H3,(H,18,19). The molecular formula is C15H23ClN2O4S. The first-order valence-corrected chi connectivity index (χ1v) is 9.28. The number of hydrogen-bond acceptors (Lipinski definition) is 4. The molecule has 1 unspecified atom stereocenters. The summed E-state index contributed by atoms with van der Waals surface area (Å²) < 4.78 is 30.9. The van der Waals surface area contributed by atoms with Crippen LogP contribution in [0.3, 0.4) is 0 Å². The number of hydrogen-bond donors (Lipinski definition) is 2. The van der Waals surface area contributed by atoms with Gasteiger partial charge in [0.2, 0.25) is 10.0 Å². The van der Waals surface area contributed by atoms with Gasteiger partial charge >= 0.3 is 6.09 Å². The molecular weight excluding hydrogens is 340 g/mol. The van der Waals surface area contributed by atoms with E-state index in [9.17, 15) is 13.2 Å². The average molecular weight is 363 g/mol. The van der Waals surface area contributed by atoms with Crippen LogP contribution >= 0.6 is 11.6 Å². The van der Waals surface area contributed by atoms with Crippen LogP contribution in [0.25, 0.3) is 0 Å². The average Bonchev–Trinajstić information content (AvgIpc) is 2.41. The fraction of sp³-hybridized carbons (Fsp3) is 0.533. The molecule has 0 heterocycles. The third-order valence-electron chi connectivity index (χ3n) is 2.83. The Morgan fingerprint density at radius 1 is 1.35 bits per heavy atom. The maximum absolute atomic E-state index is 12.0. The highest BCUT2D eigenvalue weighted by Crippen LogP contribution is 2.18. The van der Waals surface area contributed by atoms with Crippen molar-refractivity contribution in [3.05, 3.63) is 34.9 Å². The van der Waals surface area contributed by atoms with Gasteiger partial charge in [-0.05, 0) is 45.4 Å². The van der Waals surface area contributed by atoms with Gasteiger partial charge in [-0.15, -0.1) is 0 Å². The highest BCUT2D eigenvalue weighted by molar-refractivity contribution is 7.89. The third kappa shape index (κ3) is 7.67. The number of halogens is 1. The van der Waals surface area contributed by atoms with Crippen LogP contribution in [0, 0.1) is 0 Å². The van der Waals surface area contributed by atoms with Crippen molar-refractivity contribution in [1.82, 2.24) is 10.0 Å². The molecule has 0 saturated carbocycles. The summed E-state index contributed by atoms with van der Waals surface area (Å²) in [5.41, 5.74) is 0.0356. The van der Waals surface area contributed by atoms with E-state index in [-0.39, 0.29) is 12.3 Å². The minimum absolute atomic E-state index is 0.00968. The Balaban J connectivity index is 2.91. The van der Waals surface area contributed by atoms with Gasteiger partial charge in [0.1, 0.15) is 5.60 Å². The molecule has 8 heteroatoms. The third-order valence-corrected chi connectivity index (χ3v) is 4.43. The fourth-order valence-corrected chi connectivity index (χ4v) is 2.56. The molecule has 6 nitrogen and oxygen atoms in total. The van der Waals surface area contributed by atoms with Crippen LogP contribution in [0.1, 0.15) is 39.3 Å². The van der Waals surface area contributed by atoms with Crippen LogP contribution in [0.5, 0.6) is 0 Å². The van der Waals surface area contributed by atoms with E-state index in [1.54, 1.807) is 45.0 Å². The second-order valence-electron chi connectivity index (χ2n) is 6.01. The first kappa shape index (κ1) is 19.7. The van der Waals surface area contributed by atoms with Gasteiger partial charge in [0.05, 0.1) is 11.8 Å². The summed E-state index contributed by atoms with van der Waals surface area (Å²) in [6.07, 6.45) is -0.627. The molecule has 23 heavy (non-hydrogen) atoms. The lowest BCUT2D eigenvalue weighted by Gasteiger charge is -2.24. The number of amides is 1. The molecule has 0 fully saturated rings. The first-order chi connectivity index (χ1) is 10.5. The molecule has 0 aliphatic heterocycles. The van der Waals surface area contributed by atoms with Crippen molar-refractivity contribution >= 4 is 27.7 Å². The summed E-state index contributed by atoms with van der Waals surface area (Å²) in [5.74, 6) is -0.0400. The number of rotatable bonds is 6. The predicted octanol–water partition coefficient (Wildman–Crippen LogP) is 2.85. The second-order valence-corrected chi connectivity index (χ2v) is 8.54. The second kappa shape index (κ2) is 7.99. The largest absolute Gasteiger partial charge is 0.444 e. The Morgan fingerprint density at radius 3 is 2.52 bits per heavy atom. The van der Waals surface area contributed by atoms with Crippen LogP contribution < -0.4 is 10.0 Å². The summed E-state index contributed by atoms with van der Waals surface area (Å²) in [6.45, 7) is 6.80. The van der Waals surface area contributed by atoms with Gasteiger partial charge in [0.15, 0.2) is 0 Å². The molecule has 0 aromatic heterocycles. The molecule has 1 aromatic rings. The zero-order valence-corrected chi connectivity index (χ0v) is 15.3. The fourth-order valence-electron chi connectivity index (χ4n) is 1.74. The van der Waals surface area contributed by atoms with Gasteiger partial charge in [0, 0.05) is 11.6 Å². The van der Waals surface area contributed by atoms with Crippen LogP contribution in [0.15, 0.2) is 24.3 Å². The molecule has 0 aliphatic carbocycles. The molecule has 130 valence electrons.